The van der Waals surface area contributed by atoms with Crippen LogP contribution in [-0.2, 0) is 16.1 Å². The third-order valence-electron chi connectivity index (χ3n) is 4.11. The summed E-state index contributed by atoms with van der Waals surface area (Å²) < 4.78 is 5.07. The molecule has 0 saturated carbocycles. The second kappa shape index (κ2) is 8.16. The van der Waals surface area contributed by atoms with Crippen LogP contribution < -0.4 is 10.6 Å². The Hall–Kier alpha value is -3.34. The van der Waals surface area contributed by atoms with Gasteiger partial charge in [0.25, 0.3) is 0 Å². The van der Waals surface area contributed by atoms with Crippen molar-refractivity contribution < 1.29 is 14.0 Å². The maximum absolute atomic E-state index is 12.0. The summed E-state index contributed by atoms with van der Waals surface area (Å²) in [6.45, 7) is 2.13. The molecule has 0 fully saturated rings. The quantitative estimate of drug-likeness (QED) is 0.694. The Morgan fingerprint density at radius 2 is 1.65 bits per heavy atom. The van der Waals surface area contributed by atoms with E-state index in [4.69, 9.17) is 4.42 Å². The van der Waals surface area contributed by atoms with Crippen LogP contribution in [-0.4, -0.2) is 11.8 Å². The molecule has 1 heterocycles. The minimum Gasteiger partial charge on any atom is -0.472 e. The summed E-state index contributed by atoms with van der Waals surface area (Å²) in [5.74, 6) is -1.29. The van der Waals surface area contributed by atoms with Crippen LogP contribution in [0.25, 0.3) is 11.1 Å². The third-order valence-corrected chi connectivity index (χ3v) is 4.11. The van der Waals surface area contributed by atoms with Gasteiger partial charge in [-0.25, -0.2) is 0 Å². The van der Waals surface area contributed by atoms with Gasteiger partial charge in [0.15, 0.2) is 0 Å². The van der Waals surface area contributed by atoms with E-state index in [-0.39, 0.29) is 12.6 Å². The molecule has 0 aliphatic carbocycles. The van der Waals surface area contributed by atoms with Crippen molar-refractivity contribution in [2.24, 2.45) is 0 Å². The van der Waals surface area contributed by atoms with E-state index < -0.39 is 11.8 Å². The summed E-state index contributed by atoms with van der Waals surface area (Å²) in [7, 11) is 0. The molecule has 132 valence electrons. The van der Waals surface area contributed by atoms with Crippen LogP contribution in [0.15, 0.2) is 77.6 Å². The SMILES string of the molecule is C[C@@H](NC(=O)C(=O)NCc1ccc(-c2ccoc2)cc1)c1ccccc1. The topological polar surface area (TPSA) is 71.3 Å². The van der Waals surface area contributed by atoms with Crippen LogP contribution in [0.1, 0.15) is 24.1 Å². The molecule has 0 unspecified atom stereocenters. The van der Waals surface area contributed by atoms with Gasteiger partial charge in [-0.3, -0.25) is 9.59 Å². The second-order valence-electron chi connectivity index (χ2n) is 6.00. The van der Waals surface area contributed by atoms with Gasteiger partial charge in [-0.1, -0.05) is 54.6 Å². The molecule has 2 N–H and O–H groups in total. The Labute approximate surface area is 152 Å². The van der Waals surface area contributed by atoms with E-state index in [1.165, 1.54) is 0 Å². The Morgan fingerprint density at radius 1 is 0.923 bits per heavy atom. The van der Waals surface area contributed by atoms with Crippen molar-refractivity contribution in [2.75, 3.05) is 0 Å². The molecule has 1 atom stereocenters. The lowest BCUT2D eigenvalue weighted by Gasteiger charge is -2.14. The number of hydrogen-bond donors (Lipinski definition) is 2. The van der Waals surface area contributed by atoms with Gasteiger partial charge in [-0.15, -0.1) is 0 Å². The van der Waals surface area contributed by atoms with Crippen LogP contribution in [0.5, 0.6) is 0 Å². The molecule has 0 aliphatic rings. The highest BCUT2D eigenvalue weighted by molar-refractivity contribution is 6.35. The van der Waals surface area contributed by atoms with Crippen molar-refractivity contribution in [3.05, 3.63) is 84.3 Å². The van der Waals surface area contributed by atoms with Gasteiger partial charge in [0.2, 0.25) is 0 Å². The van der Waals surface area contributed by atoms with E-state index in [0.717, 1.165) is 22.3 Å². The highest BCUT2D eigenvalue weighted by atomic mass is 16.3. The molecule has 0 spiro atoms. The van der Waals surface area contributed by atoms with E-state index in [1.54, 1.807) is 12.5 Å². The second-order valence-corrected chi connectivity index (χ2v) is 6.00. The highest BCUT2D eigenvalue weighted by Gasteiger charge is 2.16. The lowest BCUT2D eigenvalue weighted by Crippen LogP contribution is -2.40. The standard InChI is InChI=1S/C21H20N2O3/c1-15(17-5-3-2-4-6-17)23-21(25)20(24)22-13-16-7-9-18(10-8-16)19-11-12-26-14-19/h2-12,14-15H,13H2,1H3,(H,22,24)(H,23,25)/t15-/m1/s1. The first-order valence-corrected chi connectivity index (χ1v) is 8.38. The molecule has 26 heavy (non-hydrogen) atoms. The molecule has 3 rings (SSSR count). The molecule has 0 aliphatic heterocycles. The number of amides is 2. The van der Waals surface area contributed by atoms with Crippen molar-refractivity contribution in [3.63, 3.8) is 0 Å². The lowest BCUT2D eigenvalue weighted by molar-refractivity contribution is -0.139. The van der Waals surface area contributed by atoms with Crippen molar-refractivity contribution in [3.8, 4) is 11.1 Å². The summed E-state index contributed by atoms with van der Waals surface area (Å²) >= 11 is 0. The predicted octanol–water partition coefficient (Wildman–Crippen LogP) is 3.44. The van der Waals surface area contributed by atoms with Gasteiger partial charge in [0.1, 0.15) is 0 Å². The number of carbonyl (C=O) groups excluding carboxylic acids is 2. The van der Waals surface area contributed by atoms with Gasteiger partial charge in [0.05, 0.1) is 18.6 Å². The smallest absolute Gasteiger partial charge is 0.309 e. The zero-order chi connectivity index (χ0) is 18.4. The van der Waals surface area contributed by atoms with E-state index in [9.17, 15) is 9.59 Å². The Kier molecular flexibility index (Phi) is 5.49. The number of rotatable bonds is 5. The van der Waals surface area contributed by atoms with E-state index in [0.29, 0.717) is 0 Å². The molecular formula is C21H20N2O3. The largest absolute Gasteiger partial charge is 0.472 e. The van der Waals surface area contributed by atoms with Gasteiger partial charge in [-0.2, -0.15) is 0 Å². The fraction of sp³-hybridized carbons (Fsp3) is 0.143. The number of nitrogens with one attached hydrogen (secondary N) is 2. The maximum atomic E-state index is 12.0. The van der Waals surface area contributed by atoms with Gasteiger partial charge < -0.3 is 15.1 Å². The molecular weight excluding hydrogens is 328 g/mol. The number of hydrogen-bond acceptors (Lipinski definition) is 3. The average Bonchev–Trinajstić information content (AvgIpc) is 3.22. The number of carbonyl (C=O) groups is 2. The Morgan fingerprint density at radius 3 is 2.31 bits per heavy atom. The first-order chi connectivity index (χ1) is 12.6. The summed E-state index contributed by atoms with van der Waals surface area (Å²) in [5.41, 5.74) is 3.89. The molecule has 0 saturated heterocycles. The lowest BCUT2D eigenvalue weighted by atomic mass is 10.1. The van der Waals surface area contributed by atoms with Crippen LogP contribution in [0.2, 0.25) is 0 Å². The van der Waals surface area contributed by atoms with Gasteiger partial charge >= 0.3 is 11.8 Å². The van der Waals surface area contributed by atoms with E-state index in [1.807, 2.05) is 67.6 Å². The molecule has 0 radical (unpaired) electrons. The molecule has 2 aromatic carbocycles. The number of benzene rings is 2. The zero-order valence-corrected chi connectivity index (χ0v) is 14.4. The zero-order valence-electron chi connectivity index (χ0n) is 14.4. The fourth-order valence-electron chi connectivity index (χ4n) is 2.59. The summed E-state index contributed by atoms with van der Waals surface area (Å²) in [5, 5.41) is 5.34. The van der Waals surface area contributed by atoms with Crippen molar-refractivity contribution in [1.29, 1.82) is 0 Å². The molecule has 3 aromatic rings. The monoisotopic (exact) mass is 348 g/mol. The first kappa shape index (κ1) is 17.5. The summed E-state index contributed by atoms with van der Waals surface area (Å²) in [6.07, 6.45) is 3.30. The minimum absolute atomic E-state index is 0.233. The van der Waals surface area contributed by atoms with Gasteiger partial charge in [-0.05, 0) is 29.7 Å². The van der Waals surface area contributed by atoms with Crippen molar-refractivity contribution in [1.82, 2.24) is 10.6 Å². The van der Waals surface area contributed by atoms with Crippen LogP contribution in [0.3, 0.4) is 0 Å². The Balaban J connectivity index is 1.51. The van der Waals surface area contributed by atoms with Crippen LogP contribution >= 0.6 is 0 Å². The average molecular weight is 348 g/mol. The van der Waals surface area contributed by atoms with Crippen molar-refractivity contribution >= 4 is 11.8 Å². The Bertz CT molecular complexity index is 856. The van der Waals surface area contributed by atoms with E-state index in [2.05, 4.69) is 10.6 Å². The fourth-order valence-corrected chi connectivity index (χ4v) is 2.59. The summed E-state index contributed by atoms with van der Waals surface area (Å²) in [6, 6.07) is 18.9. The minimum atomic E-state index is -0.647. The van der Waals surface area contributed by atoms with Crippen molar-refractivity contribution in [2.45, 2.75) is 19.5 Å². The predicted molar refractivity (Wildman–Crippen MR) is 99.0 cm³/mol. The summed E-state index contributed by atoms with van der Waals surface area (Å²) in [4.78, 5) is 24.0. The molecule has 2 amide bonds. The number of furan rings is 1. The highest BCUT2D eigenvalue weighted by Crippen LogP contribution is 2.19. The molecule has 5 heteroatoms. The van der Waals surface area contributed by atoms with Gasteiger partial charge in [0, 0.05) is 12.1 Å². The first-order valence-electron chi connectivity index (χ1n) is 8.38. The van der Waals surface area contributed by atoms with E-state index >= 15 is 0 Å². The molecule has 5 nitrogen and oxygen atoms in total. The molecule has 0 bridgehead atoms. The molecule has 1 aromatic heterocycles. The third kappa shape index (κ3) is 4.39. The van der Waals surface area contributed by atoms with Crippen LogP contribution in [0.4, 0.5) is 0 Å². The normalized spacial score (nSPS) is 11.6. The van der Waals surface area contributed by atoms with Crippen LogP contribution in [0, 0.1) is 0 Å². The maximum Gasteiger partial charge on any atom is 0.309 e.